The third kappa shape index (κ3) is 3.43. The lowest BCUT2D eigenvalue weighted by molar-refractivity contribution is -0.0501. The summed E-state index contributed by atoms with van der Waals surface area (Å²) in [5.74, 6) is 2.76. The van der Waals surface area contributed by atoms with Gasteiger partial charge < -0.3 is 10.2 Å². The van der Waals surface area contributed by atoms with Gasteiger partial charge in [-0.3, -0.25) is 0 Å². The second-order valence-corrected chi connectivity index (χ2v) is 9.56. The predicted octanol–water partition coefficient (Wildman–Crippen LogP) is 4.23. The van der Waals surface area contributed by atoms with Gasteiger partial charge in [0.25, 0.3) is 0 Å². The van der Waals surface area contributed by atoms with E-state index in [-0.39, 0.29) is 6.03 Å². The first-order valence-electron chi connectivity index (χ1n) is 10.7. The Labute approximate surface area is 167 Å². The van der Waals surface area contributed by atoms with Crippen molar-refractivity contribution in [2.45, 2.75) is 45.1 Å². The van der Waals surface area contributed by atoms with E-state index in [1.54, 1.807) is 4.90 Å². The molecule has 1 aromatic heterocycles. The number of hydrogen-bond acceptors (Lipinski definition) is 2. The van der Waals surface area contributed by atoms with Gasteiger partial charge >= 0.3 is 6.03 Å². The van der Waals surface area contributed by atoms with Crippen molar-refractivity contribution in [3.8, 4) is 5.69 Å². The molecular weight excluding hydrogens is 348 g/mol. The third-order valence-electron chi connectivity index (χ3n) is 7.20. The third-order valence-corrected chi connectivity index (χ3v) is 7.20. The molecule has 4 bridgehead atoms. The number of amides is 2. The van der Waals surface area contributed by atoms with Crippen molar-refractivity contribution in [3.05, 3.63) is 48.3 Å². The summed E-state index contributed by atoms with van der Waals surface area (Å²) in [4.78, 5) is 14.5. The second kappa shape index (κ2) is 6.94. The largest absolute Gasteiger partial charge is 0.337 e. The average molecular weight is 379 g/mol. The first-order chi connectivity index (χ1) is 13.6. The Kier molecular flexibility index (Phi) is 4.41. The first kappa shape index (κ1) is 17.8. The van der Waals surface area contributed by atoms with Crippen LogP contribution < -0.4 is 5.32 Å². The van der Waals surface area contributed by atoms with E-state index >= 15 is 0 Å². The highest BCUT2D eigenvalue weighted by atomic mass is 16.2. The van der Waals surface area contributed by atoms with Gasteiger partial charge in [0.15, 0.2) is 0 Å². The van der Waals surface area contributed by atoms with E-state index < -0.39 is 0 Å². The van der Waals surface area contributed by atoms with Gasteiger partial charge in [-0.15, -0.1) is 0 Å². The lowest BCUT2D eigenvalue weighted by atomic mass is 9.49. The number of carbonyl (C=O) groups excluding carboxylic acids is 1. The number of carbonyl (C=O) groups is 1. The standard InChI is InChI=1S/C23H30N4O/c1-26(14-20-13-25-27(15-20)21-5-3-2-4-6-21)22(28)24-16-23-10-17-7-18(11-23)9-19(8-17)12-23/h2-6,13,15,17-19H,7-12,14,16H2,1H3,(H,24,28). The Balaban J connectivity index is 1.17. The molecule has 0 atom stereocenters. The summed E-state index contributed by atoms with van der Waals surface area (Å²) < 4.78 is 1.86. The smallest absolute Gasteiger partial charge is 0.317 e. The minimum Gasteiger partial charge on any atom is -0.337 e. The quantitative estimate of drug-likeness (QED) is 0.846. The van der Waals surface area contributed by atoms with E-state index in [0.29, 0.717) is 12.0 Å². The van der Waals surface area contributed by atoms with Gasteiger partial charge in [0.1, 0.15) is 0 Å². The molecule has 4 saturated carbocycles. The zero-order valence-electron chi connectivity index (χ0n) is 16.7. The zero-order chi connectivity index (χ0) is 19.1. The van der Waals surface area contributed by atoms with Crippen LogP contribution in [0.1, 0.15) is 44.1 Å². The van der Waals surface area contributed by atoms with Crippen LogP contribution in [-0.4, -0.2) is 34.3 Å². The fourth-order valence-corrected chi connectivity index (χ4v) is 6.41. The number of urea groups is 1. The van der Waals surface area contributed by atoms with Gasteiger partial charge in [0.2, 0.25) is 0 Å². The minimum absolute atomic E-state index is 0.0307. The van der Waals surface area contributed by atoms with E-state index in [0.717, 1.165) is 35.5 Å². The van der Waals surface area contributed by atoms with Crippen LogP contribution in [0.4, 0.5) is 4.79 Å². The maximum absolute atomic E-state index is 12.7. The number of nitrogens with zero attached hydrogens (tertiary/aromatic N) is 3. The molecule has 0 saturated heterocycles. The molecule has 4 aliphatic rings. The van der Waals surface area contributed by atoms with E-state index in [4.69, 9.17) is 0 Å². The number of para-hydroxylation sites is 1. The Hall–Kier alpha value is -2.30. The van der Waals surface area contributed by atoms with Crippen LogP contribution in [0, 0.1) is 23.2 Å². The van der Waals surface area contributed by atoms with Gasteiger partial charge in [-0.05, 0) is 73.8 Å². The topological polar surface area (TPSA) is 50.2 Å². The molecule has 0 radical (unpaired) electrons. The summed E-state index contributed by atoms with van der Waals surface area (Å²) in [6, 6.07) is 10.1. The van der Waals surface area contributed by atoms with Crippen molar-refractivity contribution < 1.29 is 4.79 Å². The molecule has 0 spiro atoms. The minimum atomic E-state index is 0.0307. The van der Waals surface area contributed by atoms with Gasteiger partial charge in [-0.1, -0.05) is 18.2 Å². The Morgan fingerprint density at radius 3 is 2.43 bits per heavy atom. The summed E-state index contributed by atoms with van der Waals surface area (Å²) >= 11 is 0. The van der Waals surface area contributed by atoms with Gasteiger partial charge in [-0.25, -0.2) is 9.48 Å². The molecule has 28 heavy (non-hydrogen) atoms. The molecule has 1 N–H and O–H groups in total. The highest BCUT2D eigenvalue weighted by Crippen LogP contribution is 2.59. The van der Waals surface area contributed by atoms with Crippen molar-refractivity contribution in [2.24, 2.45) is 23.2 Å². The van der Waals surface area contributed by atoms with Crippen LogP contribution in [0.15, 0.2) is 42.7 Å². The lowest BCUT2D eigenvalue weighted by Gasteiger charge is -2.57. The summed E-state index contributed by atoms with van der Waals surface area (Å²) in [6.45, 7) is 1.42. The summed E-state index contributed by atoms with van der Waals surface area (Å²) in [6.07, 6.45) is 12.1. The van der Waals surface area contributed by atoms with Crippen molar-refractivity contribution in [1.29, 1.82) is 0 Å². The second-order valence-electron chi connectivity index (χ2n) is 9.56. The Morgan fingerprint density at radius 1 is 1.14 bits per heavy atom. The van der Waals surface area contributed by atoms with Crippen LogP contribution in [0.2, 0.25) is 0 Å². The van der Waals surface area contributed by atoms with Crippen molar-refractivity contribution >= 4 is 6.03 Å². The molecule has 2 amide bonds. The summed E-state index contributed by atoms with van der Waals surface area (Å²) in [5.41, 5.74) is 2.45. The Morgan fingerprint density at radius 2 is 1.79 bits per heavy atom. The van der Waals surface area contributed by atoms with E-state index in [1.165, 1.54) is 38.5 Å². The molecular formula is C23H30N4O. The molecule has 148 valence electrons. The van der Waals surface area contributed by atoms with Crippen molar-refractivity contribution in [2.75, 3.05) is 13.6 Å². The van der Waals surface area contributed by atoms with Gasteiger partial charge in [-0.2, -0.15) is 5.10 Å². The summed E-state index contributed by atoms with van der Waals surface area (Å²) in [7, 11) is 1.87. The number of nitrogens with one attached hydrogen (secondary N) is 1. The number of aromatic nitrogens is 2. The number of hydrogen-bond donors (Lipinski definition) is 1. The zero-order valence-corrected chi connectivity index (χ0v) is 16.7. The fourth-order valence-electron chi connectivity index (χ4n) is 6.41. The SMILES string of the molecule is CN(Cc1cnn(-c2ccccc2)c1)C(=O)NCC12CC3CC(CC(C3)C1)C2. The van der Waals surface area contributed by atoms with Crippen LogP contribution in [-0.2, 0) is 6.54 Å². The van der Waals surface area contributed by atoms with Crippen molar-refractivity contribution in [1.82, 2.24) is 20.0 Å². The molecule has 4 fully saturated rings. The molecule has 1 aromatic carbocycles. The highest BCUT2D eigenvalue weighted by Gasteiger charge is 2.50. The molecule has 4 aliphatic carbocycles. The molecule has 6 rings (SSSR count). The van der Waals surface area contributed by atoms with Crippen molar-refractivity contribution in [3.63, 3.8) is 0 Å². The molecule has 1 heterocycles. The van der Waals surface area contributed by atoms with E-state index in [1.807, 2.05) is 54.5 Å². The van der Waals surface area contributed by atoms with Gasteiger partial charge in [0.05, 0.1) is 18.4 Å². The number of rotatable bonds is 5. The molecule has 0 aliphatic heterocycles. The summed E-state index contributed by atoms with van der Waals surface area (Å²) in [5, 5.41) is 7.69. The fraction of sp³-hybridized carbons (Fsp3) is 0.565. The lowest BCUT2D eigenvalue weighted by Crippen LogP contribution is -2.52. The predicted molar refractivity (Wildman–Crippen MR) is 109 cm³/mol. The highest BCUT2D eigenvalue weighted by molar-refractivity contribution is 5.73. The normalized spacial score (nSPS) is 30.4. The van der Waals surface area contributed by atoms with Crippen LogP contribution in [0.25, 0.3) is 5.69 Å². The molecule has 0 unspecified atom stereocenters. The molecule has 2 aromatic rings. The average Bonchev–Trinajstić information content (AvgIpc) is 3.14. The van der Waals surface area contributed by atoms with E-state index in [2.05, 4.69) is 10.4 Å². The van der Waals surface area contributed by atoms with Crippen LogP contribution >= 0.6 is 0 Å². The monoisotopic (exact) mass is 378 g/mol. The maximum Gasteiger partial charge on any atom is 0.317 e. The van der Waals surface area contributed by atoms with E-state index in [9.17, 15) is 4.79 Å². The Bertz CT molecular complexity index is 808. The number of benzene rings is 1. The van der Waals surface area contributed by atoms with Crippen LogP contribution in [0.5, 0.6) is 0 Å². The van der Waals surface area contributed by atoms with Crippen LogP contribution in [0.3, 0.4) is 0 Å². The maximum atomic E-state index is 12.7. The molecule has 5 nitrogen and oxygen atoms in total. The first-order valence-corrected chi connectivity index (χ1v) is 10.7. The van der Waals surface area contributed by atoms with Gasteiger partial charge in [0, 0.05) is 25.4 Å². The molecule has 5 heteroatoms.